The Kier molecular flexibility index (Phi) is 4.59. The van der Waals surface area contributed by atoms with Crippen molar-refractivity contribution >= 4 is 5.69 Å². The van der Waals surface area contributed by atoms with Gasteiger partial charge in [0.15, 0.2) is 0 Å². The van der Waals surface area contributed by atoms with Gasteiger partial charge in [-0.2, -0.15) is 0 Å². The highest BCUT2D eigenvalue weighted by molar-refractivity contribution is 5.60. The number of ether oxygens (including phenoxy) is 1. The Morgan fingerprint density at radius 1 is 1.00 bits per heavy atom. The predicted octanol–water partition coefficient (Wildman–Crippen LogP) is 6.54. The Bertz CT molecular complexity index is 1040. The van der Waals surface area contributed by atoms with Crippen LogP contribution in [0.2, 0.25) is 0 Å². The Balaban J connectivity index is 1.34. The molecule has 0 radical (unpaired) electrons. The van der Waals surface area contributed by atoms with Crippen LogP contribution in [0.3, 0.4) is 0 Å². The fourth-order valence-corrected chi connectivity index (χ4v) is 4.54. The van der Waals surface area contributed by atoms with E-state index in [1.165, 1.54) is 17.2 Å². The molecular formula is C26H24FNO. The molecule has 2 nitrogen and oxygen atoms in total. The van der Waals surface area contributed by atoms with Crippen LogP contribution in [0.25, 0.3) is 0 Å². The third-order valence-corrected chi connectivity index (χ3v) is 6.11. The van der Waals surface area contributed by atoms with Crippen LogP contribution < -0.4 is 10.1 Å². The second-order valence-electron chi connectivity index (χ2n) is 8.02. The Morgan fingerprint density at radius 2 is 1.79 bits per heavy atom. The van der Waals surface area contributed by atoms with E-state index in [1.807, 2.05) is 18.2 Å². The molecule has 0 saturated carbocycles. The summed E-state index contributed by atoms with van der Waals surface area (Å²) in [7, 11) is 0. The van der Waals surface area contributed by atoms with Crippen molar-refractivity contribution in [3.05, 3.63) is 107 Å². The molecule has 3 atom stereocenters. The number of allylic oxidation sites excluding steroid dienone is 2. The smallest absolute Gasteiger partial charge is 0.146 e. The lowest BCUT2D eigenvalue weighted by atomic mass is 9.77. The molecular weight excluding hydrogens is 361 g/mol. The van der Waals surface area contributed by atoms with Crippen LogP contribution in [-0.4, -0.2) is 0 Å². The zero-order valence-corrected chi connectivity index (χ0v) is 16.4. The average molecular weight is 385 g/mol. The molecule has 3 aromatic carbocycles. The first-order valence-electron chi connectivity index (χ1n) is 10.2. The second-order valence-corrected chi connectivity index (χ2v) is 8.02. The number of para-hydroxylation sites is 1. The molecule has 146 valence electrons. The molecule has 3 aromatic rings. The van der Waals surface area contributed by atoms with Gasteiger partial charge in [-0.25, -0.2) is 4.39 Å². The summed E-state index contributed by atoms with van der Waals surface area (Å²) in [5, 5.41) is 3.48. The Morgan fingerprint density at radius 3 is 2.59 bits per heavy atom. The predicted molar refractivity (Wildman–Crippen MR) is 115 cm³/mol. The quantitative estimate of drug-likeness (QED) is 0.515. The molecule has 0 fully saturated rings. The summed E-state index contributed by atoms with van der Waals surface area (Å²) in [6.07, 6.45) is 5.46. The van der Waals surface area contributed by atoms with Gasteiger partial charge in [0.2, 0.25) is 0 Å². The number of rotatable bonds is 4. The number of hydrogen-bond donors (Lipinski definition) is 1. The lowest BCUT2D eigenvalue weighted by molar-refractivity contribution is 0.306. The number of anilines is 1. The summed E-state index contributed by atoms with van der Waals surface area (Å²) in [6, 6.07) is 22.1. The molecule has 0 saturated heterocycles. The van der Waals surface area contributed by atoms with Gasteiger partial charge in [0, 0.05) is 5.92 Å². The first-order valence-corrected chi connectivity index (χ1v) is 10.2. The van der Waals surface area contributed by atoms with Crippen molar-refractivity contribution in [3.63, 3.8) is 0 Å². The Hall–Kier alpha value is -3.07. The molecule has 2 aliphatic rings. The Labute approximate surface area is 171 Å². The monoisotopic (exact) mass is 385 g/mol. The summed E-state index contributed by atoms with van der Waals surface area (Å²) in [6.45, 7) is 2.63. The van der Waals surface area contributed by atoms with Gasteiger partial charge in [0.25, 0.3) is 0 Å². The number of fused-ring (bicyclic) bond motifs is 3. The summed E-state index contributed by atoms with van der Waals surface area (Å²) in [5.74, 6) is 1.34. The summed E-state index contributed by atoms with van der Waals surface area (Å²) < 4.78 is 20.4. The fourth-order valence-electron chi connectivity index (χ4n) is 4.54. The number of hydrogen-bond acceptors (Lipinski definition) is 2. The number of benzene rings is 3. The summed E-state index contributed by atoms with van der Waals surface area (Å²) >= 11 is 0. The van der Waals surface area contributed by atoms with Crippen LogP contribution in [0.4, 0.5) is 10.1 Å². The lowest BCUT2D eigenvalue weighted by Crippen LogP contribution is -2.29. The molecule has 1 aliphatic carbocycles. The van der Waals surface area contributed by atoms with E-state index in [4.69, 9.17) is 4.74 Å². The van der Waals surface area contributed by atoms with Crippen LogP contribution >= 0.6 is 0 Å². The minimum absolute atomic E-state index is 0.0885. The van der Waals surface area contributed by atoms with Crippen molar-refractivity contribution in [1.82, 2.24) is 0 Å². The van der Waals surface area contributed by atoms with Crippen molar-refractivity contribution < 1.29 is 9.13 Å². The van der Waals surface area contributed by atoms with E-state index >= 15 is 0 Å². The van der Waals surface area contributed by atoms with Crippen molar-refractivity contribution in [2.24, 2.45) is 5.92 Å². The van der Waals surface area contributed by atoms with Gasteiger partial charge in [0.05, 0.1) is 11.7 Å². The molecule has 3 heteroatoms. The van der Waals surface area contributed by atoms with Crippen molar-refractivity contribution in [1.29, 1.82) is 0 Å². The summed E-state index contributed by atoms with van der Waals surface area (Å²) in [5.41, 5.74) is 5.28. The van der Waals surface area contributed by atoms with Crippen molar-refractivity contribution in [2.45, 2.75) is 31.9 Å². The maximum absolute atomic E-state index is 14.5. The third kappa shape index (κ3) is 3.42. The van der Waals surface area contributed by atoms with E-state index in [0.29, 0.717) is 18.2 Å². The molecule has 1 N–H and O–H groups in total. The highest BCUT2D eigenvalue weighted by atomic mass is 19.1. The minimum Gasteiger partial charge on any atom is -0.489 e. The number of aryl methyl sites for hydroxylation is 1. The SMILES string of the molecule is Cc1ccc(COc2ccc([C@@H]3Nc4c(F)cccc4[C@@H]4C=CC[C@@H]43)cc2)cc1. The fraction of sp³-hybridized carbons (Fsp3) is 0.231. The van der Waals surface area contributed by atoms with E-state index in [-0.39, 0.29) is 17.8 Å². The van der Waals surface area contributed by atoms with Crippen LogP contribution in [0.5, 0.6) is 5.75 Å². The maximum Gasteiger partial charge on any atom is 0.146 e. The average Bonchev–Trinajstić information content (AvgIpc) is 3.24. The van der Waals surface area contributed by atoms with Crippen molar-refractivity contribution in [3.8, 4) is 5.75 Å². The highest BCUT2D eigenvalue weighted by Gasteiger charge is 2.38. The van der Waals surface area contributed by atoms with E-state index in [9.17, 15) is 4.39 Å². The molecule has 0 spiro atoms. The number of halogens is 1. The molecule has 29 heavy (non-hydrogen) atoms. The zero-order chi connectivity index (χ0) is 19.8. The van der Waals surface area contributed by atoms with E-state index in [0.717, 1.165) is 23.3 Å². The van der Waals surface area contributed by atoms with Gasteiger partial charge in [0.1, 0.15) is 18.2 Å². The van der Waals surface area contributed by atoms with E-state index < -0.39 is 0 Å². The lowest BCUT2D eigenvalue weighted by Gasteiger charge is -2.37. The molecule has 1 heterocycles. The first kappa shape index (κ1) is 18.0. The van der Waals surface area contributed by atoms with Crippen LogP contribution in [0.15, 0.2) is 78.9 Å². The zero-order valence-electron chi connectivity index (χ0n) is 16.4. The molecule has 0 bridgehead atoms. The van der Waals surface area contributed by atoms with Gasteiger partial charge in [-0.3, -0.25) is 0 Å². The molecule has 0 unspecified atom stereocenters. The maximum atomic E-state index is 14.5. The normalized spacial score (nSPS) is 21.9. The molecule has 0 amide bonds. The van der Waals surface area contributed by atoms with Crippen LogP contribution in [0.1, 0.15) is 40.6 Å². The van der Waals surface area contributed by atoms with Crippen LogP contribution in [-0.2, 0) is 6.61 Å². The molecule has 0 aromatic heterocycles. The third-order valence-electron chi connectivity index (χ3n) is 6.11. The number of nitrogens with one attached hydrogen (secondary N) is 1. The largest absolute Gasteiger partial charge is 0.489 e. The standard InChI is InChI=1S/C26H24FNO/c1-17-8-10-18(11-9-17)16-29-20-14-12-19(13-15-20)25-22-5-2-4-21(22)23-6-3-7-24(27)26(23)28-25/h2-4,6-15,21-22,25,28H,5,16H2,1H3/t21-,22+,25+/m1/s1. The van der Waals surface area contributed by atoms with Gasteiger partial charge in [-0.1, -0.05) is 66.2 Å². The topological polar surface area (TPSA) is 21.3 Å². The van der Waals surface area contributed by atoms with Crippen molar-refractivity contribution in [2.75, 3.05) is 5.32 Å². The van der Waals surface area contributed by atoms with Gasteiger partial charge >= 0.3 is 0 Å². The van der Waals surface area contributed by atoms with E-state index in [2.05, 4.69) is 60.8 Å². The molecule has 1 aliphatic heterocycles. The first-order chi connectivity index (χ1) is 14.2. The van der Waals surface area contributed by atoms with Gasteiger partial charge < -0.3 is 10.1 Å². The second kappa shape index (κ2) is 7.40. The minimum atomic E-state index is -0.177. The van der Waals surface area contributed by atoms with E-state index in [1.54, 1.807) is 6.07 Å². The van der Waals surface area contributed by atoms with Crippen LogP contribution in [0, 0.1) is 18.7 Å². The summed E-state index contributed by atoms with van der Waals surface area (Å²) in [4.78, 5) is 0. The highest BCUT2D eigenvalue weighted by Crippen LogP contribution is 2.50. The van der Waals surface area contributed by atoms with Gasteiger partial charge in [-0.15, -0.1) is 0 Å². The van der Waals surface area contributed by atoms with Gasteiger partial charge in [-0.05, 0) is 54.2 Å². The molecule has 5 rings (SSSR count).